The first-order chi connectivity index (χ1) is 8.01. The van der Waals surface area contributed by atoms with Crippen LogP contribution >= 0.6 is 0 Å². The van der Waals surface area contributed by atoms with Crippen molar-refractivity contribution in [1.29, 1.82) is 0 Å². The molecule has 1 aliphatic rings. The number of hydrogen-bond acceptors (Lipinski definition) is 3. The number of nitrogens with zero attached hydrogens (tertiary/aromatic N) is 1. The number of aromatic nitrogens is 1. The van der Waals surface area contributed by atoms with Gasteiger partial charge in [0.1, 0.15) is 0 Å². The predicted octanol–water partition coefficient (Wildman–Crippen LogP) is 0.408. The normalized spacial score (nSPS) is 20.0. The zero-order valence-corrected chi connectivity index (χ0v) is 10.1. The molecule has 0 aromatic carbocycles. The van der Waals surface area contributed by atoms with Crippen molar-refractivity contribution < 1.29 is 9.59 Å². The molecule has 1 aromatic rings. The van der Waals surface area contributed by atoms with Crippen LogP contribution in [0.3, 0.4) is 0 Å². The summed E-state index contributed by atoms with van der Waals surface area (Å²) >= 11 is 0. The summed E-state index contributed by atoms with van der Waals surface area (Å²) in [5.74, 6) is -0.0131. The van der Waals surface area contributed by atoms with E-state index in [-0.39, 0.29) is 18.2 Å². The van der Waals surface area contributed by atoms with Gasteiger partial charge in [-0.05, 0) is 26.0 Å². The Bertz CT molecular complexity index is 423. The smallest absolute Gasteiger partial charge is 0.240 e. The first kappa shape index (κ1) is 11.9. The van der Waals surface area contributed by atoms with Crippen LogP contribution in [0.2, 0.25) is 0 Å². The summed E-state index contributed by atoms with van der Waals surface area (Å²) in [6.07, 6.45) is 1.72. The van der Waals surface area contributed by atoms with Gasteiger partial charge < -0.3 is 10.3 Å². The van der Waals surface area contributed by atoms with Gasteiger partial charge in [-0.1, -0.05) is 0 Å². The number of nitrogens with one attached hydrogen (secondary N) is 2. The molecular weight excluding hydrogens is 218 g/mol. The van der Waals surface area contributed by atoms with Gasteiger partial charge in [0.05, 0.1) is 17.8 Å². The molecule has 1 saturated heterocycles. The Labute approximate surface area is 100 Å². The standard InChI is InChI=1S/C12H17N3O2/c1-12(2)11(17)14-6-7-15(12)8-10(16)9-4-3-5-13-9/h3-5,13H,6-8H2,1-2H3,(H,14,17). The third kappa shape index (κ3) is 2.24. The fourth-order valence-electron chi connectivity index (χ4n) is 1.98. The summed E-state index contributed by atoms with van der Waals surface area (Å²) in [6.45, 7) is 5.24. The van der Waals surface area contributed by atoms with E-state index in [0.29, 0.717) is 18.8 Å². The van der Waals surface area contributed by atoms with Crippen LogP contribution in [0.5, 0.6) is 0 Å². The summed E-state index contributed by atoms with van der Waals surface area (Å²) in [6, 6.07) is 3.54. The van der Waals surface area contributed by atoms with Crippen LogP contribution in [-0.4, -0.2) is 46.7 Å². The Balaban J connectivity index is 2.08. The quantitative estimate of drug-likeness (QED) is 0.746. The summed E-state index contributed by atoms with van der Waals surface area (Å²) in [7, 11) is 0. The number of ketones is 1. The van der Waals surface area contributed by atoms with Crippen LogP contribution in [0, 0.1) is 0 Å². The highest BCUT2D eigenvalue weighted by Gasteiger charge is 2.38. The van der Waals surface area contributed by atoms with Crippen LogP contribution in [0.4, 0.5) is 0 Å². The van der Waals surface area contributed by atoms with E-state index in [0.717, 1.165) is 0 Å². The van der Waals surface area contributed by atoms with Crippen molar-refractivity contribution in [3.63, 3.8) is 0 Å². The molecule has 0 spiro atoms. The zero-order valence-electron chi connectivity index (χ0n) is 10.1. The second kappa shape index (κ2) is 4.33. The van der Waals surface area contributed by atoms with Gasteiger partial charge in [-0.25, -0.2) is 0 Å². The van der Waals surface area contributed by atoms with Crippen LogP contribution in [0.15, 0.2) is 18.3 Å². The molecule has 5 heteroatoms. The average Bonchev–Trinajstić information content (AvgIpc) is 2.78. The molecule has 0 unspecified atom stereocenters. The van der Waals surface area contributed by atoms with Crippen molar-refractivity contribution in [2.24, 2.45) is 0 Å². The Kier molecular flexibility index (Phi) is 3.02. The van der Waals surface area contributed by atoms with Crippen molar-refractivity contribution >= 4 is 11.7 Å². The second-order valence-corrected chi connectivity index (χ2v) is 4.74. The van der Waals surface area contributed by atoms with Gasteiger partial charge >= 0.3 is 0 Å². The molecule has 0 aliphatic carbocycles. The van der Waals surface area contributed by atoms with E-state index in [1.165, 1.54) is 0 Å². The van der Waals surface area contributed by atoms with E-state index in [2.05, 4.69) is 10.3 Å². The summed E-state index contributed by atoms with van der Waals surface area (Å²) < 4.78 is 0. The highest BCUT2D eigenvalue weighted by molar-refractivity contribution is 5.96. The Morgan fingerprint density at radius 2 is 2.29 bits per heavy atom. The zero-order chi connectivity index (χ0) is 12.5. The number of carbonyl (C=O) groups is 2. The highest BCUT2D eigenvalue weighted by Crippen LogP contribution is 2.17. The number of H-pyrrole nitrogens is 1. The van der Waals surface area contributed by atoms with Crippen LogP contribution in [0.1, 0.15) is 24.3 Å². The molecule has 1 aromatic heterocycles. The average molecular weight is 235 g/mol. The van der Waals surface area contributed by atoms with Crippen LogP contribution < -0.4 is 5.32 Å². The minimum absolute atomic E-state index is 0.0118. The summed E-state index contributed by atoms with van der Waals surface area (Å²) in [5.41, 5.74) is -0.0349. The van der Waals surface area contributed by atoms with E-state index in [4.69, 9.17) is 0 Å². The molecule has 5 nitrogen and oxygen atoms in total. The summed E-state index contributed by atoms with van der Waals surface area (Å²) in [4.78, 5) is 28.5. The fourth-order valence-corrected chi connectivity index (χ4v) is 1.98. The molecule has 0 bridgehead atoms. The van der Waals surface area contributed by atoms with E-state index in [1.807, 2.05) is 18.7 Å². The molecule has 2 rings (SSSR count). The molecular formula is C12H17N3O2. The molecule has 0 radical (unpaired) electrons. The minimum atomic E-state index is -0.625. The maximum absolute atomic E-state index is 12.0. The SMILES string of the molecule is CC1(C)C(=O)NCCN1CC(=O)c1ccc[nH]1. The fraction of sp³-hybridized carbons (Fsp3) is 0.500. The number of hydrogen-bond donors (Lipinski definition) is 2. The van der Waals surface area contributed by atoms with E-state index < -0.39 is 5.54 Å². The lowest BCUT2D eigenvalue weighted by Crippen LogP contribution is -2.62. The lowest BCUT2D eigenvalue weighted by molar-refractivity contribution is -0.134. The third-order valence-electron chi connectivity index (χ3n) is 3.25. The number of aromatic amines is 1. The maximum Gasteiger partial charge on any atom is 0.240 e. The number of carbonyl (C=O) groups excluding carboxylic acids is 2. The Morgan fingerprint density at radius 3 is 2.94 bits per heavy atom. The molecule has 92 valence electrons. The second-order valence-electron chi connectivity index (χ2n) is 4.74. The van der Waals surface area contributed by atoms with Crippen molar-refractivity contribution in [3.8, 4) is 0 Å². The molecule has 2 N–H and O–H groups in total. The van der Waals surface area contributed by atoms with Crippen LogP contribution in [0.25, 0.3) is 0 Å². The number of rotatable bonds is 3. The topological polar surface area (TPSA) is 65.2 Å². The number of piperazine rings is 1. The molecule has 17 heavy (non-hydrogen) atoms. The Morgan fingerprint density at radius 1 is 1.53 bits per heavy atom. The molecule has 1 fully saturated rings. The molecule has 1 aliphatic heterocycles. The van der Waals surface area contributed by atoms with Crippen molar-refractivity contribution in [2.45, 2.75) is 19.4 Å². The van der Waals surface area contributed by atoms with Crippen molar-refractivity contribution in [2.75, 3.05) is 19.6 Å². The number of amides is 1. The van der Waals surface area contributed by atoms with Gasteiger partial charge in [0.15, 0.2) is 5.78 Å². The van der Waals surface area contributed by atoms with Crippen molar-refractivity contribution in [3.05, 3.63) is 24.0 Å². The van der Waals surface area contributed by atoms with Gasteiger partial charge in [0.2, 0.25) is 5.91 Å². The summed E-state index contributed by atoms with van der Waals surface area (Å²) in [5, 5.41) is 2.81. The van der Waals surface area contributed by atoms with Gasteiger partial charge in [-0.2, -0.15) is 0 Å². The van der Waals surface area contributed by atoms with Crippen molar-refractivity contribution in [1.82, 2.24) is 15.2 Å². The Hall–Kier alpha value is -1.62. The first-order valence-electron chi connectivity index (χ1n) is 5.72. The molecule has 0 saturated carbocycles. The predicted molar refractivity (Wildman–Crippen MR) is 63.8 cm³/mol. The molecule has 2 heterocycles. The van der Waals surface area contributed by atoms with E-state index in [1.54, 1.807) is 18.3 Å². The third-order valence-corrected chi connectivity index (χ3v) is 3.25. The van der Waals surface area contributed by atoms with Gasteiger partial charge in [0, 0.05) is 19.3 Å². The lowest BCUT2D eigenvalue weighted by atomic mass is 9.98. The largest absolute Gasteiger partial charge is 0.359 e. The van der Waals surface area contributed by atoms with E-state index >= 15 is 0 Å². The maximum atomic E-state index is 12.0. The highest BCUT2D eigenvalue weighted by atomic mass is 16.2. The van der Waals surface area contributed by atoms with Gasteiger partial charge in [-0.3, -0.25) is 14.5 Å². The van der Waals surface area contributed by atoms with E-state index in [9.17, 15) is 9.59 Å². The minimum Gasteiger partial charge on any atom is -0.359 e. The molecule has 0 atom stereocenters. The monoisotopic (exact) mass is 235 g/mol. The van der Waals surface area contributed by atoms with Gasteiger partial charge in [0.25, 0.3) is 0 Å². The lowest BCUT2D eigenvalue weighted by Gasteiger charge is -2.40. The van der Waals surface area contributed by atoms with Crippen LogP contribution in [-0.2, 0) is 4.79 Å². The number of Topliss-reactive ketones (excluding diaryl/α,β-unsaturated/α-hetero) is 1. The van der Waals surface area contributed by atoms with Gasteiger partial charge in [-0.15, -0.1) is 0 Å². The first-order valence-corrected chi connectivity index (χ1v) is 5.72. The molecule has 1 amide bonds.